The number of anilines is 3. The van der Waals surface area contributed by atoms with Crippen LogP contribution in [-0.2, 0) is 4.79 Å². The van der Waals surface area contributed by atoms with E-state index >= 15 is 0 Å². The minimum Gasteiger partial charge on any atom is -0.497 e. The van der Waals surface area contributed by atoms with E-state index in [1.807, 2.05) is 41.8 Å². The Labute approximate surface area is 255 Å². The number of nitrogens with two attached hydrogens (primary N) is 1. The summed E-state index contributed by atoms with van der Waals surface area (Å²) >= 11 is 6.88. The van der Waals surface area contributed by atoms with Crippen molar-refractivity contribution in [3.8, 4) is 22.8 Å². The second-order valence-electron chi connectivity index (χ2n) is 10.3. The number of hydrogen-bond donors (Lipinski definition) is 3. The number of aliphatic carboxylic acids is 1. The van der Waals surface area contributed by atoms with Gasteiger partial charge in [0.2, 0.25) is 0 Å². The number of benzene rings is 3. The maximum Gasteiger partial charge on any atom is 0.327 e. The van der Waals surface area contributed by atoms with Gasteiger partial charge in [0.1, 0.15) is 17.5 Å². The molecule has 0 bridgehead atoms. The van der Waals surface area contributed by atoms with Crippen LogP contribution in [0.2, 0.25) is 0 Å². The number of carboxylic acid groups (broad SMARTS) is 1. The van der Waals surface area contributed by atoms with Gasteiger partial charge < -0.3 is 30.5 Å². The molecule has 1 aliphatic carbocycles. The van der Waals surface area contributed by atoms with Crippen LogP contribution < -0.4 is 25.4 Å². The molecule has 1 saturated carbocycles. The van der Waals surface area contributed by atoms with Crippen LogP contribution >= 0.6 is 23.6 Å². The molecule has 1 heterocycles. The van der Waals surface area contributed by atoms with E-state index in [0.29, 0.717) is 17.4 Å². The molecule has 218 valence electrons. The fourth-order valence-electron chi connectivity index (χ4n) is 5.69. The molecule has 1 unspecified atom stereocenters. The number of thiocarbonyl (C=S) groups is 1. The molecule has 8 nitrogen and oxygen atoms in total. The maximum absolute atomic E-state index is 12.5. The number of carboxylic acids is 1. The largest absolute Gasteiger partial charge is 0.497 e. The molecule has 1 aliphatic rings. The molecule has 0 aliphatic heterocycles. The van der Waals surface area contributed by atoms with E-state index in [0.717, 1.165) is 53.5 Å². The number of carbonyl (C=O) groups is 1. The van der Waals surface area contributed by atoms with Crippen LogP contribution in [0.5, 0.6) is 11.5 Å². The third-order valence-corrected chi connectivity index (χ3v) is 8.78. The highest BCUT2D eigenvalue weighted by molar-refractivity contribution is 7.80. The van der Waals surface area contributed by atoms with Gasteiger partial charge in [-0.05, 0) is 79.6 Å². The van der Waals surface area contributed by atoms with Crippen molar-refractivity contribution in [1.82, 2.24) is 4.98 Å². The van der Waals surface area contributed by atoms with Crippen LogP contribution in [0.1, 0.15) is 37.2 Å². The first kappa shape index (κ1) is 29.3. The lowest BCUT2D eigenvalue weighted by Gasteiger charge is -2.38. The SMILES string of the molecule is COc1cccc(Nc2nc(-c3ccc(C4CCC(C(C(=O)O)N(C(N)=S)c5cccc(OC)c5)CC4)cc3)cs2)c1. The number of thiazole rings is 1. The Balaban J connectivity index is 1.24. The van der Waals surface area contributed by atoms with Gasteiger partial charge in [-0.3, -0.25) is 0 Å². The summed E-state index contributed by atoms with van der Waals surface area (Å²) in [7, 11) is 3.22. The van der Waals surface area contributed by atoms with Gasteiger partial charge in [0.15, 0.2) is 10.2 Å². The lowest BCUT2D eigenvalue weighted by molar-refractivity contribution is -0.140. The summed E-state index contributed by atoms with van der Waals surface area (Å²) in [5.74, 6) is 0.752. The number of aromatic nitrogens is 1. The molecule has 1 aromatic heterocycles. The first-order valence-corrected chi connectivity index (χ1v) is 15.1. The zero-order valence-corrected chi connectivity index (χ0v) is 25.2. The molecule has 10 heteroatoms. The van der Waals surface area contributed by atoms with E-state index in [4.69, 9.17) is 32.4 Å². The number of hydrogen-bond acceptors (Lipinski definition) is 7. The Hall–Kier alpha value is -4.15. The summed E-state index contributed by atoms with van der Waals surface area (Å²) in [5, 5.41) is 16.5. The fraction of sp³-hybridized carbons (Fsp3) is 0.281. The molecule has 4 aromatic rings. The van der Waals surface area contributed by atoms with Gasteiger partial charge in [-0.1, -0.05) is 36.4 Å². The van der Waals surface area contributed by atoms with Crippen LogP contribution in [0, 0.1) is 5.92 Å². The Bertz CT molecular complexity index is 1530. The molecule has 1 atom stereocenters. The second kappa shape index (κ2) is 13.2. The minimum absolute atomic E-state index is 0.0391. The topological polar surface area (TPSA) is 110 Å². The molecule has 0 spiro atoms. The van der Waals surface area contributed by atoms with Crippen molar-refractivity contribution in [2.75, 3.05) is 24.4 Å². The van der Waals surface area contributed by atoms with Gasteiger partial charge in [-0.15, -0.1) is 11.3 Å². The molecule has 0 radical (unpaired) electrons. The molecule has 0 saturated heterocycles. The second-order valence-corrected chi connectivity index (χ2v) is 11.6. The lowest BCUT2D eigenvalue weighted by atomic mass is 9.75. The first-order chi connectivity index (χ1) is 20.4. The zero-order chi connectivity index (χ0) is 29.6. The average molecular weight is 603 g/mol. The Morgan fingerprint density at radius 1 is 1.02 bits per heavy atom. The van der Waals surface area contributed by atoms with Crippen molar-refractivity contribution in [2.24, 2.45) is 11.7 Å². The summed E-state index contributed by atoms with van der Waals surface area (Å²) < 4.78 is 10.6. The Morgan fingerprint density at radius 3 is 2.33 bits per heavy atom. The van der Waals surface area contributed by atoms with E-state index in [1.165, 1.54) is 5.56 Å². The van der Waals surface area contributed by atoms with E-state index in [9.17, 15) is 9.90 Å². The van der Waals surface area contributed by atoms with Crippen molar-refractivity contribution < 1.29 is 19.4 Å². The zero-order valence-electron chi connectivity index (χ0n) is 23.5. The van der Waals surface area contributed by atoms with Crippen molar-refractivity contribution in [2.45, 2.75) is 37.6 Å². The minimum atomic E-state index is -0.929. The summed E-state index contributed by atoms with van der Waals surface area (Å²) in [6, 6.07) is 22.7. The van der Waals surface area contributed by atoms with E-state index in [-0.39, 0.29) is 11.0 Å². The van der Waals surface area contributed by atoms with Gasteiger partial charge in [-0.25, -0.2) is 9.78 Å². The molecule has 42 heavy (non-hydrogen) atoms. The predicted octanol–water partition coefficient (Wildman–Crippen LogP) is 7.05. The van der Waals surface area contributed by atoms with E-state index in [2.05, 4.69) is 29.6 Å². The number of ether oxygens (including phenoxy) is 2. The van der Waals surface area contributed by atoms with Gasteiger partial charge in [0.25, 0.3) is 0 Å². The molecule has 1 fully saturated rings. The van der Waals surface area contributed by atoms with Crippen molar-refractivity contribution in [1.29, 1.82) is 0 Å². The number of nitrogens with zero attached hydrogens (tertiary/aromatic N) is 2. The lowest BCUT2D eigenvalue weighted by Crippen LogP contribution is -2.52. The van der Waals surface area contributed by atoms with Gasteiger partial charge in [0.05, 0.1) is 19.9 Å². The quantitative estimate of drug-likeness (QED) is 0.165. The molecular weight excluding hydrogens is 569 g/mol. The van der Waals surface area contributed by atoms with Gasteiger partial charge in [-0.2, -0.15) is 0 Å². The highest BCUT2D eigenvalue weighted by atomic mass is 32.1. The highest BCUT2D eigenvalue weighted by Crippen LogP contribution is 2.40. The average Bonchev–Trinajstić information content (AvgIpc) is 3.48. The van der Waals surface area contributed by atoms with Crippen molar-refractivity contribution in [3.63, 3.8) is 0 Å². The van der Waals surface area contributed by atoms with Crippen LogP contribution in [-0.4, -0.2) is 41.4 Å². The summed E-state index contributed by atoms with van der Waals surface area (Å²) in [6.45, 7) is 0. The van der Waals surface area contributed by atoms with Crippen molar-refractivity contribution >= 4 is 51.1 Å². The molecule has 3 aromatic carbocycles. The number of nitrogens with one attached hydrogen (secondary N) is 1. The number of methoxy groups -OCH3 is 2. The fourth-order valence-corrected chi connectivity index (χ4v) is 6.65. The monoisotopic (exact) mass is 602 g/mol. The van der Waals surface area contributed by atoms with Crippen molar-refractivity contribution in [3.05, 3.63) is 83.7 Å². The van der Waals surface area contributed by atoms with E-state index < -0.39 is 12.0 Å². The van der Waals surface area contributed by atoms with Crippen LogP contribution in [0.15, 0.2) is 78.2 Å². The normalized spacial score (nSPS) is 17.2. The smallest absolute Gasteiger partial charge is 0.327 e. The molecule has 0 amide bonds. The first-order valence-electron chi connectivity index (χ1n) is 13.8. The van der Waals surface area contributed by atoms with Gasteiger partial charge >= 0.3 is 5.97 Å². The maximum atomic E-state index is 12.5. The third kappa shape index (κ3) is 6.66. The standard InChI is InChI=1S/C32H34N4O4S2/c1-39-26-7-3-5-24(17-26)34-32-35-28(19-42-32)22-13-9-20(10-14-22)21-11-15-23(16-12-21)29(30(37)38)36(31(33)41)25-6-4-8-27(18-25)40-2/h3-10,13-14,17-19,21,23,29H,11-12,15-16H2,1-2H3,(H2,33,41)(H,34,35)(H,37,38). The molecular formula is C32H34N4O4S2. The number of rotatable bonds is 10. The molecule has 5 rings (SSSR count). The van der Waals surface area contributed by atoms with Crippen LogP contribution in [0.3, 0.4) is 0 Å². The third-order valence-electron chi connectivity index (χ3n) is 7.82. The van der Waals surface area contributed by atoms with Crippen LogP contribution in [0.25, 0.3) is 11.3 Å². The summed E-state index contributed by atoms with van der Waals surface area (Å²) in [6.07, 6.45) is 3.31. The Kier molecular flexibility index (Phi) is 9.24. The van der Waals surface area contributed by atoms with Crippen LogP contribution in [0.4, 0.5) is 16.5 Å². The Morgan fingerprint density at radius 2 is 1.69 bits per heavy atom. The van der Waals surface area contributed by atoms with Gasteiger partial charge in [0, 0.05) is 34.5 Å². The summed E-state index contributed by atoms with van der Waals surface area (Å²) in [5.41, 5.74) is 10.9. The van der Waals surface area contributed by atoms with E-state index in [1.54, 1.807) is 42.6 Å². The molecule has 4 N–H and O–H groups in total. The highest BCUT2D eigenvalue weighted by Gasteiger charge is 2.38. The predicted molar refractivity (Wildman–Crippen MR) is 172 cm³/mol. The summed E-state index contributed by atoms with van der Waals surface area (Å²) in [4.78, 5) is 18.9.